The van der Waals surface area contributed by atoms with Crippen LogP contribution in [0.5, 0.6) is 0 Å². The van der Waals surface area contributed by atoms with Gasteiger partial charge in [0.15, 0.2) is 0 Å². The maximum Gasteiger partial charge on any atom is 0.202 e. The lowest BCUT2D eigenvalue weighted by atomic mass is 10.0. The van der Waals surface area contributed by atoms with Gasteiger partial charge in [0.25, 0.3) is 0 Å². The van der Waals surface area contributed by atoms with Crippen LogP contribution in [0.1, 0.15) is 38.9 Å². The van der Waals surface area contributed by atoms with E-state index in [1.807, 2.05) is 0 Å². The molecule has 4 nitrogen and oxygen atoms in total. The van der Waals surface area contributed by atoms with Crippen molar-refractivity contribution in [3.05, 3.63) is 5.82 Å². The van der Waals surface area contributed by atoms with Crippen molar-refractivity contribution in [2.45, 2.75) is 39.5 Å². The molecule has 1 heterocycles. The number of hydrogen-bond acceptors (Lipinski definition) is 5. The predicted octanol–water partition coefficient (Wildman–Crippen LogP) is 2.31. The van der Waals surface area contributed by atoms with Gasteiger partial charge in [0, 0.05) is 31.1 Å². The highest BCUT2D eigenvalue weighted by molar-refractivity contribution is 7.09. The molecule has 16 heavy (non-hydrogen) atoms. The maximum atomic E-state index is 8.89. The summed E-state index contributed by atoms with van der Waals surface area (Å²) in [6, 6.07) is 0. The molecule has 1 unspecified atom stereocenters. The van der Waals surface area contributed by atoms with Gasteiger partial charge in [-0.3, -0.25) is 0 Å². The molecule has 5 heteroatoms. The van der Waals surface area contributed by atoms with Crippen LogP contribution >= 0.6 is 11.5 Å². The molecule has 2 N–H and O–H groups in total. The van der Waals surface area contributed by atoms with E-state index in [1.54, 1.807) is 0 Å². The van der Waals surface area contributed by atoms with E-state index < -0.39 is 0 Å². The van der Waals surface area contributed by atoms with Crippen molar-refractivity contribution in [1.82, 2.24) is 9.36 Å². The predicted molar refractivity (Wildman–Crippen MR) is 67.9 cm³/mol. The lowest BCUT2D eigenvalue weighted by Gasteiger charge is -2.12. The number of aliphatic hydroxyl groups excluding tert-OH is 1. The van der Waals surface area contributed by atoms with Crippen LogP contribution in [0.4, 0.5) is 5.13 Å². The van der Waals surface area contributed by atoms with E-state index in [9.17, 15) is 0 Å². The average Bonchev–Trinajstić information content (AvgIpc) is 2.72. The van der Waals surface area contributed by atoms with Crippen molar-refractivity contribution in [1.29, 1.82) is 0 Å². The molecule has 0 aromatic carbocycles. The molecular weight excluding hydrogens is 222 g/mol. The number of nitrogens with one attached hydrogen (secondary N) is 1. The van der Waals surface area contributed by atoms with E-state index in [4.69, 9.17) is 5.11 Å². The van der Waals surface area contributed by atoms with E-state index in [0.29, 0.717) is 5.92 Å². The Morgan fingerprint density at radius 2 is 2.25 bits per heavy atom. The van der Waals surface area contributed by atoms with Gasteiger partial charge in [-0.2, -0.15) is 4.37 Å². The first-order valence-corrected chi connectivity index (χ1v) is 6.74. The number of aliphatic hydroxyl groups is 1. The molecule has 92 valence electrons. The molecule has 0 radical (unpaired) electrons. The molecule has 0 saturated heterocycles. The first-order valence-electron chi connectivity index (χ1n) is 5.97. The highest BCUT2D eigenvalue weighted by Crippen LogP contribution is 2.14. The number of anilines is 1. The van der Waals surface area contributed by atoms with Crippen molar-refractivity contribution in [3.63, 3.8) is 0 Å². The van der Waals surface area contributed by atoms with Crippen LogP contribution in [0.25, 0.3) is 0 Å². The van der Waals surface area contributed by atoms with Gasteiger partial charge in [0.2, 0.25) is 5.13 Å². The van der Waals surface area contributed by atoms with Gasteiger partial charge in [-0.05, 0) is 18.8 Å². The van der Waals surface area contributed by atoms with E-state index in [0.717, 1.165) is 43.2 Å². The monoisotopic (exact) mass is 243 g/mol. The molecule has 1 aromatic rings. The molecule has 0 spiro atoms. The zero-order valence-electron chi connectivity index (χ0n) is 10.1. The molecule has 1 aromatic heterocycles. The van der Waals surface area contributed by atoms with Gasteiger partial charge in [0.05, 0.1) is 0 Å². The lowest BCUT2D eigenvalue weighted by molar-refractivity contribution is 0.258. The third kappa shape index (κ3) is 4.45. The Hall–Kier alpha value is -0.680. The summed E-state index contributed by atoms with van der Waals surface area (Å²) in [5, 5.41) is 13.1. The van der Waals surface area contributed by atoms with Crippen molar-refractivity contribution < 1.29 is 5.11 Å². The molecule has 0 aliphatic heterocycles. The molecule has 0 bridgehead atoms. The van der Waals surface area contributed by atoms with Crippen molar-refractivity contribution in [3.8, 4) is 0 Å². The quantitative estimate of drug-likeness (QED) is 0.735. The molecule has 0 amide bonds. The molecule has 1 rings (SSSR count). The van der Waals surface area contributed by atoms with Gasteiger partial charge in [-0.1, -0.05) is 20.3 Å². The van der Waals surface area contributed by atoms with Crippen LogP contribution in [-0.4, -0.2) is 27.6 Å². The van der Waals surface area contributed by atoms with Crippen molar-refractivity contribution in [2.24, 2.45) is 5.92 Å². The van der Waals surface area contributed by atoms with Gasteiger partial charge in [-0.25, -0.2) is 4.98 Å². The number of rotatable bonds is 8. The Morgan fingerprint density at radius 3 is 2.88 bits per heavy atom. The molecular formula is C11H21N3OS. The van der Waals surface area contributed by atoms with Crippen molar-refractivity contribution >= 4 is 16.7 Å². The topological polar surface area (TPSA) is 58.0 Å². The summed E-state index contributed by atoms with van der Waals surface area (Å²) in [7, 11) is 0. The molecule has 0 aliphatic carbocycles. The van der Waals surface area contributed by atoms with Gasteiger partial charge < -0.3 is 10.4 Å². The highest BCUT2D eigenvalue weighted by atomic mass is 32.1. The fourth-order valence-electron chi connectivity index (χ4n) is 1.52. The number of aromatic nitrogens is 2. The Labute approximate surface area is 101 Å². The molecule has 1 atom stereocenters. The molecule has 0 fully saturated rings. The summed E-state index contributed by atoms with van der Waals surface area (Å²) in [4.78, 5) is 4.40. The fourth-order valence-corrected chi connectivity index (χ4v) is 2.13. The second-order valence-corrected chi connectivity index (χ2v) is 4.69. The summed E-state index contributed by atoms with van der Waals surface area (Å²) in [5.41, 5.74) is 0. The SMILES string of the molecule is CCCc1nsc(NCC(CC)CCO)n1. The summed E-state index contributed by atoms with van der Waals surface area (Å²) in [6.07, 6.45) is 3.96. The summed E-state index contributed by atoms with van der Waals surface area (Å²) in [6.45, 7) is 5.41. The van der Waals surface area contributed by atoms with Crippen LogP contribution in [0, 0.1) is 5.92 Å². The minimum Gasteiger partial charge on any atom is -0.396 e. The first-order chi connectivity index (χ1) is 7.80. The highest BCUT2D eigenvalue weighted by Gasteiger charge is 2.07. The summed E-state index contributed by atoms with van der Waals surface area (Å²) < 4.78 is 4.27. The van der Waals surface area contributed by atoms with E-state index in [-0.39, 0.29) is 6.61 Å². The van der Waals surface area contributed by atoms with E-state index >= 15 is 0 Å². The Morgan fingerprint density at radius 1 is 1.44 bits per heavy atom. The Kier molecular flexibility index (Phi) is 6.33. The third-order valence-corrected chi connectivity index (χ3v) is 3.31. The second kappa shape index (κ2) is 7.57. The second-order valence-electron chi connectivity index (χ2n) is 3.93. The van der Waals surface area contributed by atoms with Crippen molar-refractivity contribution in [2.75, 3.05) is 18.5 Å². The van der Waals surface area contributed by atoms with Crippen LogP contribution in [0.15, 0.2) is 0 Å². The summed E-state index contributed by atoms with van der Waals surface area (Å²) >= 11 is 1.43. The van der Waals surface area contributed by atoms with Gasteiger partial charge >= 0.3 is 0 Å². The number of hydrogen-bond donors (Lipinski definition) is 2. The minimum atomic E-state index is 0.261. The van der Waals surface area contributed by atoms with E-state index in [2.05, 4.69) is 28.5 Å². The zero-order chi connectivity index (χ0) is 11.8. The summed E-state index contributed by atoms with van der Waals surface area (Å²) in [5.74, 6) is 1.45. The van der Waals surface area contributed by atoms with Crippen LogP contribution < -0.4 is 5.32 Å². The standard InChI is InChI=1S/C11H21N3OS/c1-3-5-10-13-11(16-14-10)12-8-9(4-2)6-7-15/h9,15H,3-8H2,1-2H3,(H,12,13,14). The molecule has 0 saturated carbocycles. The lowest BCUT2D eigenvalue weighted by Crippen LogP contribution is -2.14. The third-order valence-electron chi connectivity index (χ3n) is 2.60. The fraction of sp³-hybridized carbons (Fsp3) is 0.818. The van der Waals surface area contributed by atoms with Gasteiger partial charge in [0.1, 0.15) is 5.82 Å². The van der Waals surface area contributed by atoms with Crippen LogP contribution in [-0.2, 0) is 6.42 Å². The Bertz CT molecular complexity index is 291. The van der Waals surface area contributed by atoms with Crippen LogP contribution in [0.2, 0.25) is 0 Å². The smallest absolute Gasteiger partial charge is 0.202 e. The normalized spacial score (nSPS) is 12.7. The van der Waals surface area contributed by atoms with E-state index in [1.165, 1.54) is 11.5 Å². The number of aryl methyl sites for hydroxylation is 1. The van der Waals surface area contributed by atoms with Gasteiger partial charge in [-0.15, -0.1) is 0 Å². The largest absolute Gasteiger partial charge is 0.396 e. The zero-order valence-corrected chi connectivity index (χ0v) is 10.9. The average molecular weight is 243 g/mol. The molecule has 0 aliphatic rings. The van der Waals surface area contributed by atoms with Crippen LogP contribution in [0.3, 0.4) is 0 Å². The Balaban J connectivity index is 2.34. The number of nitrogens with zero attached hydrogens (tertiary/aromatic N) is 2. The minimum absolute atomic E-state index is 0.261. The first kappa shape index (κ1) is 13.4. The maximum absolute atomic E-state index is 8.89.